The Morgan fingerprint density at radius 3 is 2.90 bits per heavy atom. The molecule has 21 heavy (non-hydrogen) atoms. The van der Waals surface area contributed by atoms with Crippen LogP contribution in [0, 0.1) is 0 Å². The number of hydrogen-bond donors (Lipinski definition) is 3. The molecule has 0 spiro atoms. The summed E-state index contributed by atoms with van der Waals surface area (Å²) in [6.45, 7) is 0.770. The number of H-pyrrole nitrogens is 1. The fourth-order valence-corrected chi connectivity index (χ4v) is 1.99. The largest absolute Gasteiger partial charge is 0.486 e. The Labute approximate surface area is 118 Å². The molecule has 0 saturated carbocycles. The molecule has 8 nitrogen and oxygen atoms in total. The number of nitrogens with one attached hydrogen (secondary N) is 2. The van der Waals surface area contributed by atoms with Gasteiger partial charge in [0, 0.05) is 6.20 Å². The average molecular weight is 289 g/mol. The Hall–Kier alpha value is -3.03. The molecule has 2 aromatic rings. The molecular weight excluding hydrogens is 278 g/mol. The van der Waals surface area contributed by atoms with Crippen LogP contribution < -0.4 is 14.8 Å². The van der Waals surface area contributed by atoms with Crippen molar-refractivity contribution >= 4 is 17.6 Å². The van der Waals surface area contributed by atoms with Gasteiger partial charge in [-0.2, -0.15) is 5.10 Å². The van der Waals surface area contributed by atoms with Crippen LogP contribution in [-0.2, 0) is 0 Å². The van der Waals surface area contributed by atoms with Crippen LogP contribution >= 0.6 is 0 Å². The number of amides is 1. The van der Waals surface area contributed by atoms with Crippen LogP contribution in [-0.4, -0.2) is 40.4 Å². The highest BCUT2D eigenvalue weighted by molar-refractivity contribution is 6.09. The van der Waals surface area contributed by atoms with Gasteiger partial charge < -0.3 is 19.9 Å². The van der Waals surface area contributed by atoms with Gasteiger partial charge in [-0.3, -0.25) is 9.89 Å². The maximum atomic E-state index is 12.3. The zero-order valence-electron chi connectivity index (χ0n) is 10.8. The molecule has 0 atom stereocenters. The first kappa shape index (κ1) is 13.0. The van der Waals surface area contributed by atoms with Gasteiger partial charge in [0.15, 0.2) is 17.2 Å². The van der Waals surface area contributed by atoms with Crippen molar-refractivity contribution in [1.82, 2.24) is 10.2 Å². The Morgan fingerprint density at radius 1 is 1.29 bits per heavy atom. The number of carboxylic acids is 1. The van der Waals surface area contributed by atoms with Crippen molar-refractivity contribution < 1.29 is 24.2 Å². The summed E-state index contributed by atoms with van der Waals surface area (Å²) < 4.78 is 10.8. The quantitative estimate of drug-likeness (QED) is 0.780. The van der Waals surface area contributed by atoms with Gasteiger partial charge in [0.1, 0.15) is 13.2 Å². The number of ether oxygens (including phenoxy) is 2. The topological polar surface area (TPSA) is 114 Å². The molecular formula is C13H11N3O5. The van der Waals surface area contributed by atoms with E-state index in [1.165, 1.54) is 6.20 Å². The smallest absolute Gasteiger partial charge is 0.358 e. The third-order valence-corrected chi connectivity index (χ3v) is 2.90. The number of aromatic carboxylic acids is 1. The summed E-state index contributed by atoms with van der Waals surface area (Å²) in [7, 11) is 0. The van der Waals surface area contributed by atoms with Gasteiger partial charge >= 0.3 is 5.97 Å². The number of carbonyl (C=O) groups is 2. The van der Waals surface area contributed by atoms with Crippen molar-refractivity contribution in [3.05, 3.63) is 35.7 Å². The Bertz CT molecular complexity index is 710. The van der Waals surface area contributed by atoms with Gasteiger partial charge in [-0.15, -0.1) is 0 Å². The number of anilines is 1. The molecule has 1 aromatic heterocycles. The number of fused-ring (bicyclic) bond motifs is 1. The summed E-state index contributed by atoms with van der Waals surface area (Å²) in [5, 5.41) is 17.4. The van der Waals surface area contributed by atoms with Crippen molar-refractivity contribution in [3.8, 4) is 11.5 Å². The van der Waals surface area contributed by atoms with Crippen LogP contribution in [0.4, 0.5) is 5.69 Å². The van der Waals surface area contributed by atoms with Crippen LogP contribution in [0.25, 0.3) is 0 Å². The maximum Gasteiger partial charge on any atom is 0.358 e. The molecule has 8 heteroatoms. The second kappa shape index (κ2) is 5.16. The Morgan fingerprint density at radius 2 is 2.10 bits per heavy atom. The van der Waals surface area contributed by atoms with E-state index in [4.69, 9.17) is 14.6 Å². The van der Waals surface area contributed by atoms with Gasteiger partial charge in [0.05, 0.1) is 11.3 Å². The summed E-state index contributed by atoms with van der Waals surface area (Å²) in [6, 6.07) is 4.94. The lowest BCUT2D eigenvalue weighted by Crippen LogP contribution is -2.20. The van der Waals surface area contributed by atoms with Crippen molar-refractivity contribution in [2.45, 2.75) is 0 Å². The molecule has 0 radical (unpaired) electrons. The SMILES string of the molecule is O=C(Nc1c[nH]nc1C(=O)O)c1cccc2c1OCCO2. The molecule has 3 N–H and O–H groups in total. The minimum absolute atomic E-state index is 0.0850. The third kappa shape index (κ3) is 2.38. The maximum absolute atomic E-state index is 12.3. The zero-order chi connectivity index (χ0) is 14.8. The standard InChI is InChI=1S/C13H11N3O5/c17-12(15-8-6-14-16-10(8)13(18)19)7-2-1-3-9-11(7)21-5-4-20-9/h1-3,6H,4-5H2,(H,14,16)(H,15,17)(H,18,19). The summed E-state index contributed by atoms with van der Waals surface area (Å²) in [6.07, 6.45) is 1.30. The molecule has 0 bridgehead atoms. The van der Waals surface area contributed by atoms with Gasteiger partial charge in [-0.25, -0.2) is 4.79 Å². The average Bonchev–Trinajstić information content (AvgIpc) is 2.95. The minimum atomic E-state index is -1.23. The fourth-order valence-electron chi connectivity index (χ4n) is 1.99. The van der Waals surface area contributed by atoms with E-state index in [0.717, 1.165) is 0 Å². The number of carbonyl (C=O) groups excluding carboxylic acids is 1. The number of carboxylic acid groups (broad SMARTS) is 1. The first-order valence-corrected chi connectivity index (χ1v) is 6.14. The molecule has 0 aliphatic carbocycles. The lowest BCUT2D eigenvalue weighted by Gasteiger charge is -2.20. The molecule has 1 amide bonds. The van der Waals surface area contributed by atoms with E-state index in [0.29, 0.717) is 24.7 Å². The summed E-state index contributed by atoms with van der Waals surface area (Å²) >= 11 is 0. The van der Waals surface area contributed by atoms with E-state index in [2.05, 4.69) is 15.5 Å². The number of hydrogen-bond acceptors (Lipinski definition) is 5. The van der Waals surface area contributed by atoms with E-state index >= 15 is 0 Å². The molecule has 108 valence electrons. The van der Waals surface area contributed by atoms with Crippen LogP contribution in [0.15, 0.2) is 24.4 Å². The van der Waals surface area contributed by atoms with Crippen LogP contribution in [0.1, 0.15) is 20.8 Å². The molecule has 1 aromatic carbocycles. The monoisotopic (exact) mass is 289 g/mol. The van der Waals surface area contributed by atoms with Crippen LogP contribution in [0.5, 0.6) is 11.5 Å². The van der Waals surface area contributed by atoms with Gasteiger partial charge in [0.2, 0.25) is 0 Å². The van der Waals surface area contributed by atoms with Gasteiger partial charge in [0.25, 0.3) is 5.91 Å². The lowest BCUT2D eigenvalue weighted by atomic mass is 10.1. The summed E-state index contributed by atoms with van der Waals surface area (Å²) in [5.74, 6) is -0.899. The Kier molecular flexibility index (Phi) is 3.19. The van der Waals surface area contributed by atoms with Crippen molar-refractivity contribution in [2.75, 3.05) is 18.5 Å². The second-order valence-electron chi connectivity index (χ2n) is 4.24. The first-order chi connectivity index (χ1) is 10.2. The minimum Gasteiger partial charge on any atom is -0.486 e. The molecule has 1 aliphatic heterocycles. The second-order valence-corrected chi connectivity index (χ2v) is 4.24. The lowest BCUT2D eigenvalue weighted by molar-refractivity contribution is 0.0691. The number of nitrogens with zero attached hydrogens (tertiary/aromatic N) is 1. The van der Waals surface area contributed by atoms with Crippen molar-refractivity contribution in [1.29, 1.82) is 0 Å². The molecule has 0 fully saturated rings. The predicted molar refractivity (Wildman–Crippen MR) is 70.9 cm³/mol. The van der Waals surface area contributed by atoms with Gasteiger partial charge in [-0.05, 0) is 12.1 Å². The van der Waals surface area contributed by atoms with E-state index < -0.39 is 11.9 Å². The van der Waals surface area contributed by atoms with E-state index in [1.54, 1.807) is 18.2 Å². The number of aromatic amines is 1. The van der Waals surface area contributed by atoms with E-state index in [9.17, 15) is 9.59 Å². The highest BCUT2D eigenvalue weighted by Gasteiger charge is 2.22. The number of rotatable bonds is 3. The van der Waals surface area contributed by atoms with E-state index in [1.807, 2.05) is 0 Å². The molecule has 1 aliphatic rings. The molecule has 0 unspecified atom stereocenters. The number of para-hydroxylation sites is 1. The highest BCUT2D eigenvalue weighted by atomic mass is 16.6. The molecule has 3 rings (SSSR count). The highest BCUT2D eigenvalue weighted by Crippen LogP contribution is 2.34. The van der Waals surface area contributed by atoms with Crippen molar-refractivity contribution in [3.63, 3.8) is 0 Å². The first-order valence-electron chi connectivity index (χ1n) is 6.14. The van der Waals surface area contributed by atoms with Gasteiger partial charge in [-0.1, -0.05) is 6.07 Å². The van der Waals surface area contributed by atoms with Crippen LogP contribution in [0.3, 0.4) is 0 Å². The molecule has 2 heterocycles. The fraction of sp³-hybridized carbons (Fsp3) is 0.154. The predicted octanol–water partition coefficient (Wildman–Crippen LogP) is 1.13. The van der Waals surface area contributed by atoms with E-state index in [-0.39, 0.29) is 16.9 Å². The zero-order valence-corrected chi connectivity index (χ0v) is 10.8. The number of benzene rings is 1. The Balaban J connectivity index is 1.89. The molecule has 0 saturated heterocycles. The van der Waals surface area contributed by atoms with Crippen LogP contribution in [0.2, 0.25) is 0 Å². The summed E-state index contributed by atoms with van der Waals surface area (Å²) in [5.41, 5.74) is 0.0943. The van der Waals surface area contributed by atoms with Crippen molar-refractivity contribution in [2.24, 2.45) is 0 Å². The number of aromatic nitrogens is 2. The normalized spacial score (nSPS) is 12.8. The third-order valence-electron chi connectivity index (χ3n) is 2.90. The summed E-state index contributed by atoms with van der Waals surface area (Å²) in [4.78, 5) is 23.2.